The summed E-state index contributed by atoms with van der Waals surface area (Å²) in [7, 11) is 0. The maximum absolute atomic E-state index is 12.2. The molecule has 0 aromatic heterocycles. The van der Waals surface area contributed by atoms with Crippen molar-refractivity contribution in [3.05, 3.63) is 47.2 Å². The van der Waals surface area contributed by atoms with Crippen LogP contribution in [0, 0.1) is 0 Å². The lowest BCUT2D eigenvalue weighted by Crippen LogP contribution is -2.60. The van der Waals surface area contributed by atoms with Gasteiger partial charge >= 0.3 is 5.97 Å². The van der Waals surface area contributed by atoms with Crippen LogP contribution >= 0.6 is 31.9 Å². The van der Waals surface area contributed by atoms with E-state index in [1.807, 2.05) is 30.3 Å². The molecule has 0 saturated carbocycles. The average Bonchev–Trinajstić information content (AvgIpc) is 2.45. The van der Waals surface area contributed by atoms with Crippen molar-refractivity contribution in [3.8, 4) is 0 Å². The monoisotopic (exact) mass is 415 g/mol. The van der Waals surface area contributed by atoms with Crippen LogP contribution in [0.2, 0.25) is 0 Å². The third-order valence-corrected chi connectivity index (χ3v) is 4.24. The van der Waals surface area contributed by atoms with Crippen LogP contribution in [0.4, 0.5) is 0 Å². The number of esters is 1. The molecule has 1 aromatic carbocycles. The highest BCUT2D eigenvalue weighted by atomic mass is 79.9. The lowest BCUT2D eigenvalue weighted by Gasteiger charge is -2.42. The summed E-state index contributed by atoms with van der Waals surface area (Å²) in [5.74, 6) is -0.682. The van der Waals surface area contributed by atoms with Gasteiger partial charge in [-0.05, 0) is 25.0 Å². The molecular formula is C15H15Br2NO3. The molecule has 0 spiro atoms. The summed E-state index contributed by atoms with van der Waals surface area (Å²) in [5.41, 5.74) is 1.96. The number of ether oxygens (including phenoxy) is 1. The van der Waals surface area contributed by atoms with Crippen molar-refractivity contribution in [2.75, 3.05) is 6.54 Å². The number of amides is 1. The maximum atomic E-state index is 12.2. The second-order valence-electron chi connectivity index (χ2n) is 5.01. The molecule has 1 saturated heterocycles. The molecule has 21 heavy (non-hydrogen) atoms. The van der Waals surface area contributed by atoms with Gasteiger partial charge in [-0.3, -0.25) is 4.79 Å². The van der Waals surface area contributed by atoms with E-state index in [9.17, 15) is 9.59 Å². The molecular weight excluding hydrogens is 402 g/mol. The minimum Gasteiger partial charge on any atom is -0.456 e. The van der Waals surface area contributed by atoms with Crippen LogP contribution in [0.3, 0.4) is 0 Å². The van der Waals surface area contributed by atoms with Gasteiger partial charge in [0.25, 0.3) is 5.91 Å². The zero-order valence-corrected chi connectivity index (χ0v) is 14.9. The van der Waals surface area contributed by atoms with E-state index in [2.05, 4.69) is 31.9 Å². The third-order valence-electron chi connectivity index (χ3n) is 3.06. The predicted octanol–water partition coefficient (Wildman–Crippen LogP) is 3.35. The van der Waals surface area contributed by atoms with Gasteiger partial charge in [0.05, 0.1) is 6.54 Å². The number of halogens is 2. The number of carbonyl (C=O) groups is 2. The van der Waals surface area contributed by atoms with E-state index in [-0.39, 0.29) is 12.5 Å². The van der Waals surface area contributed by atoms with E-state index in [4.69, 9.17) is 4.74 Å². The summed E-state index contributed by atoms with van der Waals surface area (Å²) >= 11 is 6.53. The van der Waals surface area contributed by atoms with Gasteiger partial charge in [-0.1, -0.05) is 62.2 Å². The summed E-state index contributed by atoms with van der Waals surface area (Å²) in [6.45, 7) is 4.14. The zero-order chi connectivity index (χ0) is 15.6. The highest BCUT2D eigenvalue weighted by Crippen LogP contribution is 2.40. The van der Waals surface area contributed by atoms with Crippen LogP contribution < -0.4 is 0 Å². The molecule has 2 rings (SSSR count). The first kappa shape index (κ1) is 16.2. The Kier molecular flexibility index (Phi) is 4.88. The van der Waals surface area contributed by atoms with Crippen molar-refractivity contribution in [2.45, 2.75) is 23.7 Å². The Hall–Kier alpha value is -1.14. The zero-order valence-electron chi connectivity index (χ0n) is 11.7. The van der Waals surface area contributed by atoms with E-state index in [0.29, 0.717) is 12.2 Å². The molecule has 0 unspecified atom stereocenters. The molecule has 1 fully saturated rings. The lowest BCUT2D eigenvalue weighted by molar-refractivity contribution is -0.149. The predicted molar refractivity (Wildman–Crippen MR) is 86.9 cm³/mol. The summed E-state index contributed by atoms with van der Waals surface area (Å²) in [5, 5.41) is 0. The number of carbonyl (C=O) groups excluding carboxylic acids is 2. The molecule has 1 aliphatic heterocycles. The van der Waals surface area contributed by atoms with Crippen molar-refractivity contribution < 1.29 is 14.3 Å². The van der Waals surface area contributed by atoms with Gasteiger partial charge in [-0.15, -0.1) is 0 Å². The molecule has 0 radical (unpaired) electrons. The minimum atomic E-state index is -0.763. The van der Waals surface area contributed by atoms with Crippen molar-refractivity contribution in [2.24, 2.45) is 0 Å². The Morgan fingerprint density at radius 1 is 1.29 bits per heavy atom. The molecule has 1 aromatic rings. The Morgan fingerprint density at radius 2 is 1.90 bits per heavy atom. The molecule has 4 nitrogen and oxygen atoms in total. The van der Waals surface area contributed by atoms with Gasteiger partial charge in [0.2, 0.25) is 0 Å². The Bertz CT molecular complexity index is 592. The number of hydrogen-bond donors (Lipinski definition) is 0. The van der Waals surface area contributed by atoms with Crippen LogP contribution in [-0.4, -0.2) is 26.6 Å². The van der Waals surface area contributed by atoms with Crippen molar-refractivity contribution >= 4 is 43.7 Å². The maximum Gasteiger partial charge on any atom is 0.355 e. The number of β-lactam (4-membered cyclic amide) rings is 1. The number of allylic oxidation sites excluding steroid dienone is 1. The van der Waals surface area contributed by atoms with Crippen molar-refractivity contribution in [1.82, 2.24) is 4.90 Å². The van der Waals surface area contributed by atoms with Crippen molar-refractivity contribution in [1.29, 1.82) is 0 Å². The number of rotatable bonds is 4. The van der Waals surface area contributed by atoms with E-state index in [1.165, 1.54) is 4.90 Å². The SMILES string of the molecule is CC(C)=C(C(=O)OCc1ccccc1)N1CC(Br)(Br)C1=O. The highest BCUT2D eigenvalue weighted by Gasteiger charge is 2.51. The fraction of sp³-hybridized carbons (Fsp3) is 0.333. The Labute approximate surface area is 140 Å². The van der Waals surface area contributed by atoms with Crippen LogP contribution in [0.1, 0.15) is 19.4 Å². The molecule has 6 heteroatoms. The molecule has 1 amide bonds. The number of hydrogen-bond acceptors (Lipinski definition) is 3. The van der Waals surface area contributed by atoms with Crippen molar-refractivity contribution in [3.63, 3.8) is 0 Å². The van der Waals surface area contributed by atoms with Crippen LogP contribution in [-0.2, 0) is 20.9 Å². The molecule has 112 valence electrons. The smallest absolute Gasteiger partial charge is 0.355 e. The van der Waals surface area contributed by atoms with E-state index < -0.39 is 9.20 Å². The third kappa shape index (κ3) is 3.55. The largest absolute Gasteiger partial charge is 0.456 e. The van der Waals surface area contributed by atoms with E-state index in [1.54, 1.807) is 13.8 Å². The molecule has 1 heterocycles. The number of likely N-dealkylation sites (tertiary alicyclic amines) is 1. The summed E-state index contributed by atoms with van der Waals surface area (Å²) < 4.78 is 4.54. The van der Waals surface area contributed by atoms with Gasteiger partial charge in [0, 0.05) is 0 Å². The molecule has 0 N–H and O–H groups in total. The van der Waals surface area contributed by atoms with Gasteiger partial charge in [-0.2, -0.15) is 0 Å². The molecule has 0 aliphatic carbocycles. The number of alkyl halides is 2. The van der Waals surface area contributed by atoms with Crippen LogP contribution in [0.25, 0.3) is 0 Å². The molecule has 0 bridgehead atoms. The van der Waals surface area contributed by atoms with Gasteiger partial charge < -0.3 is 9.64 Å². The lowest BCUT2D eigenvalue weighted by atomic mass is 10.1. The standard InChI is InChI=1S/C15H15Br2NO3/c1-10(2)12(18-9-15(16,17)14(18)20)13(19)21-8-11-6-4-3-5-7-11/h3-7H,8-9H2,1-2H3. The topological polar surface area (TPSA) is 46.6 Å². The second-order valence-corrected chi connectivity index (χ2v) is 8.78. The number of benzene rings is 1. The summed E-state index contributed by atoms with van der Waals surface area (Å²) in [6, 6.07) is 9.43. The molecule has 0 atom stereocenters. The Balaban J connectivity index is 2.05. The van der Waals surface area contributed by atoms with E-state index in [0.717, 1.165) is 11.1 Å². The fourth-order valence-electron chi connectivity index (χ4n) is 2.00. The van der Waals surface area contributed by atoms with Crippen LogP contribution in [0.5, 0.6) is 0 Å². The first-order chi connectivity index (χ1) is 9.83. The van der Waals surface area contributed by atoms with E-state index >= 15 is 0 Å². The first-order valence-electron chi connectivity index (χ1n) is 6.41. The fourth-order valence-corrected chi connectivity index (χ4v) is 2.93. The van der Waals surface area contributed by atoms with Crippen LogP contribution in [0.15, 0.2) is 41.6 Å². The van der Waals surface area contributed by atoms with Gasteiger partial charge in [0.1, 0.15) is 12.3 Å². The minimum absolute atomic E-state index is 0.187. The van der Waals surface area contributed by atoms with Gasteiger partial charge in [-0.25, -0.2) is 4.79 Å². The van der Waals surface area contributed by atoms with Gasteiger partial charge in [0.15, 0.2) is 3.23 Å². The average molecular weight is 417 g/mol. The Morgan fingerprint density at radius 3 is 2.38 bits per heavy atom. The summed E-state index contributed by atoms with van der Waals surface area (Å²) in [4.78, 5) is 25.7. The quantitative estimate of drug-likeness (QED) is 0.327. The first-order valence-corrected chi connectivity index (χ1v) is 8.00. The highest BCUT2D eigenvalue weighted by molar-refractivity contribution is 9.26. The second kappa shape index (κ2) is 6.32. The molecule has 1 aliphatic rings. The normalized spacial score (nSPS) is 16.2. The number of nitrogens with zero attached hydrogens (tertiary/aromatic N) is 1. The summed E-state index contributed by atoms with van der Waals surface area (Å²) in [6.07, 6.45) is 0.